The lowest BCUT2D eigenvalue weighted by molar-refractivity contribution is -0.139. The van der Waals surface area contributed by atoms with Crippen LogP contribution in [0, 0.1) is 5.41 Å². The van der Waals surface area contributed by atoms with E-state index in [1.807, 2.05) is 42.5 Å². The van der Waals surface area contributed by atoms with Crippen molar-refractivity contribution in [2.45, 2.75) is 12.6 Å². The Morgan fingerprint density at radius 3 is 2.44 bits per heavy atom. The molecule has 27 heavy (non-hydrogen) atoms. The van der Waals surface area contributed by atoms with Crippen molar-refractivity contribution >= 4 is 17.7 Å². The van der Waals surface area contributed by atoms with Gasteiger partial charge in [0.05, 0.1) is 7.11 Å². The van der Waals surface area contributed by atoms with E-state index in [1.54, 1.807) is 23.2 Å². The van der Waals surface area contributed by atoms with E-state index in [0.29, 0.717) is 12.1 Å². The summed E-state index contributed by atoms with van der Waals surface area (Å²) in [5.74, 6) is -0.912. The summed E-state index contributed by atoms with van der Waals surface area (Å²) in [4.78, 5) is 26.4. The lowest BCUT2D eigenvalue weighted by Gasteiger charge is -2.34. The summed E-state index contributed by atoms with van der Waals surface area (Å²) in [5.41, 5.74) is 7.94. The Morgan fingerprint density at radius 1 is 1.19 bits per heavy atom. The van der Waals surface area contributed by atoms with Crippen molar-refractivity contribution < 1.29 is 14.3 Å². The van der Waals surface area contributed by atoms with Gasteiger partial charge in [0.2, 0.25) is 0 Å². The van der Waals surface area contributed by atoms with Crippen molar-refractivity contribution in [2.24, 2.45) is 5.73 Å². The molecule has 7 heteroatoms. The Hall–Kier alpha value is -3.61. The van der Waals surface area contributed by atoms with Crippen LogP contribution in [0.5, 0.6) is 0 Å². The number of nitrogens with two attached hydrogens (primary N) is 1. The Balaban J connectivity index is 1.95. The Labute approximate surface area is 156 Å². The fourth-order valence-electron chi connectivity index (χ4n) is 2.95. The first-order chi connectivity index (χ1) is 13.0. The third-order valence-electron chi connectivity index (χ3n) is 4.28. The average Bonchev–Trinajstić information content (AvgIpc) is 2.68. The molecule has 1 atom stereocenters. The number of ether oxygens (including phenoxy) is 1. The van der Waals surface area contributed by atoms with Crippen LogP contribution in [0.1, 0.15) is 22.7 Å². The molecule has 0 saturated heterocycles. The third-order valence-corrected chi connectivity index (χ3v) is 4.28. The second-order valence-electron chi connectivity index (χ2n) is 6.12. The van der Waals surface area contributed by atoms with Crippen molar-refractivity contribution in [1.82, 2.24) is 10.2 Å². The minimum atomic E-state index is -0.605. The van der Waals surface area contributed by atoms with Gasteiger partial charge in [-0.1, -0.05) is 54.6 Å². The van der Waals surface area contributed by atoms with E-state index < -0.39 is 12.0 Å². The van der Waals surface area contributed by atoms with Crippen molar-refractivity contribution in [2.75, 3.05) is 7.11 Å². The number of hydrogen-bond donors (Lipinski definition) is 3. The Bertz CT molecular complexity index is 891. The summed E-state index contributed by atoms with van der Waals surface area (Å²) < 4.78 is 4.73. The normalized spacial score (nSPS) is 16.3. The molecule has 2 aromatic carbocycles. The highest BCUT2D eigenvalue weighted by Crippen LogP contribution is 2.27. The number of nitrogens with one attached hydrogen (secondary N) is 2. The summed E-state index contributed by atoms with van der Waals surface area (Å²) >= 11 is 0. The molecule has 1 heterocycles. The van der Waals surface area contributed by atoms with E-state index >= 15 is 0 Å². The Morgan fingerprint density at radius 2 is 1.85 bits per heavy atom. The molecule has 2 aromatic rings. The topological polar surface area (TPSA) is 109 Å². The number of rotatable bonds is 5. The summed E-state index contributed by atoms with van der Waals surface area (Å²) in [7, 11) is 1.27. The predicted octanol–water partition coefficient (Wildman–Crippen LogP) is 1.66. The average molecular weight is 364 g/mol. The number of amidine groups is 1. The summed E-state index contributed by atoms with van der Waals surface area (Å²) in [6, 6.07) is 16.0. The van der Waals surface area contributed by atoms with Crippen molar-refractivity contribution in [3.8, 4) is 0 Å². The second-order valence-corrected chi connectivity index (χ2v) is 6.12. The third kappa shape index (κ3) is 3.98. The van der Waals surface area contributed by atoms with E-state index in [4.69, 9.17) is 15.9 Å². The van der Waals surface area contributed by atoms with Gasteiger partial charge in [-0.25, -0.2) is 4.79 Å². The van der Waals surface area contributed by atoms with Crippen LogP contribution in [-0.2, 0) is 20.9 Å². The van der Waals surface area contributed by atoms with E-state index in [2.05, 4.69) is 5.32 Å². The van der Waals surface area contributed by atoms with Gasteiger partial charge < -0.3 is 20.7 Å². The highest BCUT2D eigenvalue weighted by molar-refractivity contribution is 5.97. The number of nitrogen functional groups attached to an aromatic ring is 1. The first kappa shape index (κ1) is 18.2. The van der Waals surface area contributed by atoms with E-state index in [9.17, 15) is 9.59 Å². The maximum atomic E-state index is 12.7. The number of nitrogens with zero attached hydrogens (tertiary/aromatic N) is 1. The van der Waals surface area contributed by atoms with Crippen LogP contribution in [0.2, 0.25) is 0 Å². The molecule has 1 unspecified atom stereocenters. The zero-order valence-corrected chi connectivity index (χ0v) is 14.8. The smallest absolute Gasteiger partial charge is 0.356 e. The molecule has 3 rings (SSSR count). The molecular weight excluding hydrogens is 344 g/mol. The van der Waals surface area contributed by atoms with Gasteiger partial charge in [-0.15, -0.1) is 0 Å². The van der Waals surface area contributed by atoms with Gasteiger partial charge in [0, 0.05) is 18.3 Å². The maximum Gasteiger partial charge on any atom is 0.356 e. The van der Waals surface area contributed by atoms with Crippen molar-refractivity contribution in [3.05, 3.63) is 83.2 Å². The van der Waals surface area contributed by atoms with Gasteiger partial charge >= 0.3 is 5.97 Å². The lowest BCUT2D eigenvalue weighted by Crippen LogP contribution is -2.44. The molecule has 0 aromatic heterocycles. The van der Waals surface area contributed by atoms with Crippen LogP contribution >= 0.6 is 0 Å². The Kier molecular flexibility index (Phi) is 5.21. The highest BCUT2D eigenvalue weighted by Gasteiger charge is 2.33. The molecule has 0 bridgehead atoms. The summed E-state index contributed by atoms with van der Waals surface area (Å²) in [6.45, 7) is 0.395. The van der Waals surface area contributed by atoms with Gasteiger partial charge in [0.25, 0.3) is 5.91 Å². The number of carbonyl (C=O) groups excluding carboxylic acids is 2. The number of amides is 1. The molecule has 1 aliphatic heterocycles. The predicted molar refractivity (Wildman–Crippen MR) is 100 cm³/mol. The number of esters is 1. The maximum absolute atomic E-state index is 12.7. The van der Waals surface area contributed by atoms with Gasteiger partial charge in [-0.2, -0.15) is 0 Å². The zero-order chi connectivity index (χ0) is 19.4. The van der Waals surface area contributed by atoms with E-state index in [-0.39, 0.29) is 17.4 Å². The summed E-state index contributed by atoms with van der Waals surface area (Å²) in [5, 5.41) is 10.1. The van der Waals surface area contributed by atoms with Crippen LogP contribution in [0.15, 0.2) is 66.5 Å². The molecule has 4 N–H and O–H groups in total. The van der Waals surface area contributed by atoms with Gasteiger partial charge in [0.15, 0.2) is 0 Å². The molecule has 0 saturated carbocycles. The minimum absolute atomic E-state index is 0.00562. The summed E-state index contributed by atoms with van der Waals surface area (Å²) in [6.07, 6.45) is 1.60. The van der Waals surface area contributed by atoms with Crippen LogP contribution in [-0.4, -0.2) is 29.7 Å². The highest BCUT2D eigenvalue weighted by atomic mass is 16.5. The van der Waals surface area contributed by atoms with Crippen LogP contribution in [0.3, 0.4) is 0 Å². The van der Waals surface area contributed by atoms with Crippen LogP contribution < -0.4 is 11.1 Å². The van der Waals surface area contributed by atoms with Crippen molar-refractivity contribution in [1.29, 1.82) is 5.41 Å². The number of hydrogen-bond acceptors (Lipinski definition) is 5. The standard InChI is InChI=1S/C20H20N4O3/c1-27-20(26)16-12-24(11-13-7-9-15(10-8-13)18(21)22)17(19(25)23-16)14-5-3-2-4-6-14/h2-10,12,17H,11H2,1H3,(H3,21,22)(H,23,25). The van der Waals surface area contributed by atoms with Crippen molar-refractivity contribution in [3.63, 3.8) is 0 Å². The molecule has 0 radical (unpaired) electrons. The van der Waals surface area contributed by atoms with Gasteiger partial charge in [-0.3, -0.25) is 10.2 Å². The molecule has 138 valence electrons. The number of benzene rings is 2. The quantitative estimate of drug-likeness (QED) is 0.425. The molecule has 1 aliphatic rings. The zero-order valence-electron chi connectivity index (χ0n) is 14.8. The molecular formula is C20H20N4O3. The largest absolute Gasteiger partial charge is 0.464 e. The molecule has 1 amide bonds. The molecule has 0 fully saturated rings. The first-order valence-corrected chi connectivity index (χ1v) is 8.34. The van der Waals surface area contributed by atoms with Gasteiger partial charge in [-0.05, 0) is 11.1 Å². The lowest BCUT2D eigenvalue weighted by atomic mass is 10.0. The first-order valence-electron chi connectivity index (χ1n) is 8.34. The van der Waals surface area contributed by atoms with Crippen LogP contribution in [0.25, 0.3) is 0 Å². The molecule has 7 nitrogen and oxygen atoms in total. The molecule has 0 spiro atoms. The fourth-order valence-corrected chi connectivity index (χ4v) is 2.95. The monoisotopic (exact) mass is 364 g/mol. The van der Waals surface area contributed by atoms with Gasteiger partial charge in [0.1, 0.15) is 17.6 Å². The van der Waals surface area contributed by atoms with E-state index in [0.717, 1.165) is 11.1 Å². The minimum Gasteiger partial charge on any atom is -0.464 e. The fraction of sp³-hybridized carbons (Fsp3) is 0.150. The van der Waals surface area contributed by atoms with E-state index in [1.165, 1.54) is 7.11 Å². The SMILES string of the molecule is COC(=O)C1=CN(Cc2ccc(C(=N)N)cc2)C(c2ccccc2)C(=O)N1. The molecule has 0 aliphatic carbocycles. The second kappa shape index (κ2) is 7.74. The number of carbonyl (C=O) groups is 2. The van der Waals surface area contributed by atoms with Crippen LogP contribution in [0.4, 0.5) is 0 Å². The number of methoxy groups -OCH3 is 1.